The van der Waals surface area contributed by atoms with Crippen molar-refractivity contribution in [3.8, 4) is 0 Å². The van der Waals surface area contributed by atoms with E-state index in [-0.39, 0.29) is 0 Å². The summed E-state index contributed by atoms with van der Waals surface area (Å²) in [4.78, 5) is 0. The summed E-state index contributed by atoms with van der Waals surface area (Å²) in [6, 6.07) is 9.09. The molecule has 1 aliphatic rings. The molecule has 2 unspecified atom stereocenters. The van der Waals surface area contributed by atoms with Crippen LogP contribution in [-0.2, 0) is 6.42 Å². The van der Waals surface area contributed by atoms with Gasteiger partial charge in [0, 0.05) is 6.04 Å². The van der Waals surface area contributed by atoms with Crippen LogP contribution in [0.25, 0.3) is 0 Å². The summed E-state index contributed by atoms with van der Waals surface area (Å²) in [5.74, 6) is 6.04. The van der Waals surface area contributed by atoms with Crippen LogP contribution in [-0.4, -0.2) is 6.04 Å². The number of nitrogens with one attached hydrogen (secondary N) is 1. The van der Waals surface area contributed by atoms with Gasteiger partial charge in [-0.15, -0.1) is 0 Å². The highest BCUT2D eigenvalue weighted by molar-refractivity contribution is 5.33. The van der Waals surface area contributed by atoms with E-state index in [4.69, 9.17) is 5.84 Å². The molecule has 13 heavy (non-hydrogen) atoms. The smallest absolute Gasteiger partial charge is 0.0279 e. The summed E-state index contributed by atoms with van der Waals surface area (Å²) in [5, 5.41) is 0. The first-order chi connectivity index (χ1) is 6.33. The Morgan fingerprint density at radius 3 is 2.92 bits per heavy atom. The zero-order valence-corrected chi connectivity index (χ0v) is 7.96. The summed E-state index contributed by atoms with van der Waals surface area (Å²) in [5.41, 5.74) is 5.84. The largest absolute Gasteiger partial charge is 0.271 e. The Morgan fingerprint density at radius 1 is 1.38 bits per heavy atom. The molecule has 0 fully saturated rings. The molecule has 0 saturated heterocycles. The minimum absolute atomic E-state index is 0.440. The molecule has 0 aromatic heterocycles. The second-order valence-electron chi connectivity index (χ2n) is 3.80. The maximum atomic E-state index is 5.50. The summed E-state index contributed by atoms with van der Waals surface area (Å²) in [7, 11) is 0. The summed E-state index contributed by atoms with van der Waals surface area (Å²) < 4.78 is 0. The maximum absolute atomic E-state index is 5.50. The van der Waals surface area contributed by atoms with Crippen LogP contribution in [0.3, 0.4) is 0 Å². The van der Waals surface area contributed by atoms with E-state index in [1.165, 1.54) is 11.1 Å². The molecule has 3 N–H and O–H groups in total. The van der Waals surface area contributed by atoms with Crippen LogP contribution in [0.4, 0.5) is 0 Å². The van der Waals surface area contributed by atoms with Crippen molar-refractivity contribution in [2.75, 3.05) is 0 Å². The minimum atomic E-state index is 0.440. The quantitative estimate of drug-likeness (QED) is 0.503. The first kappa shape index (κ1) is 8.73. The third-order valence-corrected chi connectivity index (χ3v) is 3.09. The highest BCUT2D eigenvalue weighted by Gasteiger charge is 2.24. The fourth-order valence-corrected chi connectivity index (χ4v) is 2.21. The Labute approximate surface area is 79.1 Å². The lowest BCUT2D eigenvalue weighted by Crippen LogP contribution is -2.41. The fraction of sp³-hybridized carbons (Fsp3) is 0.455. The topological polar surface area (TPSA) is 38.0 Å². The Morgan fingerprint density at radius 2 is 2.15 bits per heavy atom. The normalized spacial score (nSPS) is 26.9. The molecule has 1 aromatic rings. The molecule has 1 aliphatic carbocycles. The highest BCUT2D eigenvalue weighted by Crippen LogP contribution is 2.30. The van der Waals surface area contributed by atoms with Crippen LogP contribution in [0.2, 0.25) is 0 Å². The van der Waals surface area contributed by atoms with Crippen LogP contribution < -0.4 is 11.3 Å². The van der Waals surface area contributed by atoms with Gasteiger partial charge in [-0.3, -0.25) is 11.3 Å². The Hall–Kier alpha value is -0.860. The summed E-state index contributed by atoms with van der Waals surface area (Å²) >= 11 is 0. The minimum Gasteiger partial charge on any atom is -0.271 e. The van der Waals surface area contributed by atoms with Crippen LogP contribution >= 0.6 is 0 Å². The second kappa shape index (κ2) is 3.48. The van der Waals surface area contributed by atoms with E-state index in [0.717, 1.165) is 12.8 Å². The molecule has 70 valence electrons. The van der Waals surface area contributed by atoms with Gasteiger partial charge in [0.2, 0.25) is 0 Å². The van der Waals surface area contributed by atoms with E-state index < -0.39 is 0 Å². The fourth-order valence-electron chi connectivity index (χ4n) is 2.21. The van der Waals surface area contributed by atoms with Gasteiger partial charge in [0.15, 0.2) is 0 Å². The molecule has 2 rings (SSSR count). The number of aryl methyl sites for hydroxylation is 1. The maximum Gasteiger partial charge on any atom is 0.0279 e. The SMILES string of the molecule is CC1c2ccccc2CCC1NN. The molecule has 2 nitrogen and oxygen atoms in total. The summed E-state index contributed by atoms with van der Waals surface area (Å²) in [6.45, 7) is 2.24. The van der Waals surface area contributed by atoms with Crippen molar-refractivity contribution in [2.24, 2.45) is 5.84 Å². The van der Waals surface area contributed by atoms with Gasteiger partial charge in [-0.2, -0.15) is 0 Å². The summed E-state index contributed by atoms with van der Waals surface area (Å²) in [6.07, 6.45) is 2.30. The van der Waals surface area contributed by atoms with Gasteiger partial charge in [0.05, 0.1) is 0 Å². The number of hydrogen-bond acceptors (Lipinski definition) is 2. The molecule has 0 bridgehead atoms. The van der Waals surface area contributed by atoms with Crippen molar-refractivity contribution in [1.82, 2.24) is 5.43 Å². The molecular formula is C11H16N2. The van der Waals surface area contributed by atoms with Gasteiger partial charge in [0.1, 0.15) is 0 Å². The van der Waals surface area contributed by atoms with E-state index in [1.54, 1.807) is 0 Å². The second-order valence-corrected chi connectivity index (χ2v) is 3.80. The predicted molar refractivity (Wildman–Crippen MR) is 54.3 cm³/mol. The van der Waals surface area contributed by atoms with Crippen molar-refractivity contribution in [2.45, 2.75) is 31.7 Å². The molecule has 0 amide bonds. The Bertz CT molecular complexity index is 296. The average Bonchev–Trinajstić information content (AvgIpc) is 2.19. The molecule has 0 radical (unpaired) electrons. The average molecular weight is 176 g/mol. The van der Waals surface area contributed by atoms with Crippen molar-refractivity contribution < 1.29 is 0 Å². The number of nitrogens with two attached hydrogens (primary N) is 1. The zero-order valence-electron chi connectivity index (χ0n) is 7.96. The lowest BCUT2D eigenvalue weighted by Gasteiger charge is -2.30. The van der Waals surface area contributed by atoms with Crippen LogP contribution in [0, 0.1) is 0 Å². The van der Waals surface area contributed by atoms with E-state index in [0.29, 0.717) is 12.0 Å². The third kappa shape index (κ3) is 1.47. The predicted octanol–water partition coefficient (Wildman–Crippen LogP) is 1.57. The number of hydrogen-bond donors (Lipinski definition) is 2. The van der Waals surface area contributed by atoms with Gasteiger partial charge in [-0.05, 0) is 29.9 Å². The Kier molecular flexibility index (Phi) is 2.34. The van der Waals surface area contributed by atoms with E-state index in [1.807, 2.05) is 0 Å². The van der Waals surface area contributed by atoms with E-state index in [2.05, 4.69) is 36.6 Å². The van der Waals surface area contributed by atoms with Gasteiger partial charge in [0.25, 0.3) is 0 Å². The van der Waals surface area contributed by atoms with Crippen LogP contribution in [0.15, 0.2) is 24.3 Å². The van der Waals surface area contributed by atoms with Crippen molar-refractivity contribution in [3.05, 3.63) is 35.4 Å². The van der Waals surface area contributed by atoms with Crippen LogP contribution in [0.5, 0.6) is 0 Å². The molecule has 0 heterocycles. The molecule has 0 aliphatic heterocycles. The van der Waals surface area contributed by atoms with Gasteiger partial charge >= 0.3 is 0 Å². The van der Waals surface area contributed by atoms with Crippen molar-refractivity contribution in [1.29, 1.82) is 0 Å². The number of hydrazine groups is 1. The first-order valence-corrected chi connectivity index (χ1v) is 4.87. The van der Waals surface area contributed by atoms with Crippen LogP contribution in [0.1, 0.15) is 30.4 Å². The third-order valence-electron chi connectivity index (χ3n) is 3.09. The standard InChI is InChI=1S/C11H16N2/c1-8-10-5-3-2-4-9(10)6-7-11(8)13-12/h2-5,8,11,13H,6-7,12H2,1H3. The number of benzene rings is 1. The molecular weight excluding hydrogens is 160 g/mol. The Balaban J connectivity index is 2.33. The molecule has 1 aromatic carbocycles. The lowest BCUT2D eigenvalue weighted by molar-refractivity contribution is 0.412. The van der Waals surface area contributed by atoms with Gasteiger partial charge in [-0.25, -0.2) is 0 Å². The number of rotatable bonds is 1. The highest BCUT2D eigenvalue weighted by atomic mass is 15.2. The first-order valence-electron chi connectivity index (χ1n) is 4.87. The molecule has 2 atom stereocenters. The van der Waals surface area contributed by atoms with E-state index in [9.17, 15) is 0 Å². The lowest BCUT2D eigenvalue weighted by atomic mass is 9.81. The molecule has 0 spiro atoms. The van der Waals surface area contributed by atoms with E-state index >= 15 is 0 Å². The molecule has 2 heteroatoms. The zero-order chi connectivity index (χ0) is 9.26. The molecule has 0 saturated carbocycles. The van der Waals surface area contributed by atoms with Gasteiger partial charge in [-0.1, -0.05) is 31.2 Å². The number of fused-ring (bicyclic) bond motifs is 1. The monoisotopic (exact) mass is 176 g/mol. The van der Waals surface area contributed by atoms with Crippen molar-refractivity contribution >= 4 is 0 Å². The van der Waals surface area contributed by atoms with Gasteiger partial charge < -0.3 is 0 Å². The van der Waals surface area contributed by atoms with Crippen molar-refractivity contribution in [3.63, 3.8) is 0 Å².